The average molecular weight is 318 g/mol. The van der Waals surface area contributed by atoms with Gasteiger partial charge in [-0.3, -0.25) is 4.98 Å². The number of hydrogen-bond donors (Lipinski definition) is 0. The minimum atomic E-state index is -3.39. The molecule has 0 saturated heterocycles. The molecule has 1 aromatic carbocycles. The molecular formula is C17H22N2O2S. The zero-order chi connectivity index (χ0) is 16.5. The molecule has 1 heterocycles. The Balaban J connectivity index is 2.46. The van der Waals surface area contributed by atoms with Crippen LogP contribution in [0.2, 0.25) is 0 Å². The first kappa shape index (κ1) is 16.6. The number of aryl methyl sites for hydroxylation is 1. The third-order valence-corrected chi connectivity index (χ3v) is 5.55. The maximum atomic E-state index is 12.1. The summed E-state index contributed by atoms with van der Waals surface area (Å²) < 4.78 is 25.4. The molecule has 0 aliphatic carbocycles. The Morgan fingerprint density at radius 3 is 2.18 bits per heavy atom. The van der Waals surface area contributed by atoms with Crippen LogP contribution in [0.5, 0.6) is 0 Å². The third-order valence-electron chi connectivity index (χ3n) is 3.72. The summed E-state index contributed by atoms with van der Waals surface area (Å²) in [6, 6.07) is 9.09. The lowest BCUT2D eigenvalue weighted by Crippen LogP contribution is -2.22. The summed E-state index contributed by atoms with van der Waals surface area (Å²) in [5, 5.41) is 0. The predicted molar refractivity (Wildman–Crippen MR) is 89.4 cm³/mol. The van der Waals surface area contributed by atoms with Gasteiger partial charge in [-0.2, -0.15) is 0 Å². The van der Waals surface area contributed by atoms with E-state index in [1.54, 1.807) is 12.1 Å². The highest BCUT2D eigenvalue weighted by atomic mass is 32.2. The van der Waals surface area contributed by atoms with Crippen LogP contribution in [0.1, 0.15) is 31.0 Å². The van der Waals surface area contributed by atoms with Crippen LogP contribution < -0.4 is 0 Å². The van der Waals surface area contributed by atoms with Crippen LogP contribution in [-0.2, 0) is 10.0 Å². The van der Waals surface area contributed by atoms with Gasteiger partial charge >= 0.3 is 0 Å². The summed E-state index contributed by atoms with van der Waals surface area (Å²) >= 11 is 0. The molecule has 1 aromatic heterocycles. The lowest BCUT2D eigenvalue weighted by molar-refractivity contribution is 0.521. The van der Waals surface area contributed by atoms with Crippen molar-refractivity contribution in [3.8, 4) is 11.1 Å². The van der Waals surface area contributed by atoms with Crippen molar-refractivity contribution < 1.29 is 8.42 Å². The van der Waals surface area contributed by atoms with Gasteiger partial charge in [0.2, 0.25) is 10.0 Å². The molecule has 0 N–H and O–H groups in total. The largest absolute Gasteiger partial charge is 0.261 e. The fraction of sp³-hybridized carbons (Fsp3) is 0.353. The van der Waals surface area contributed by atoms with Crippen molar-refractivity contribution in [2.24, 2.45) is 0 Å². The fourth-order valence-electron chi connectivity index (χ4n) is 2.17. The monoisotopic (exact) mass is 318 g/mol. The van der Waals surface area contributed by atoms with E-state index < -0.39 is 10.0 Å². The molecule has 0 spiro atoms. The van der Waals surface area contributed by atoms with Crippen molar-refractivity contribution in [2.75, 3.05) is 14.1 Å². The molecule has 0 aliphatic heterocycles. The molecule has 0 atom stereocenters. The van der Waals surface area contributed by atoms with E-state index in [0.29, 0.717) is 10.8 Å². The Hall–Kier alpha value is -1.72. The first-order chi connectivity index (χ1) is 10.2. The molecule has 2 rings (SSSR count). The molecule has 0 fully saturated rings. The second kappa shape index (κ2) is 6.18. The minimum Gasteiger partial charge on any atom is -0.261 e. The minimum absolute atomic E-state index is 0.298. The summed E-state index contributed by atoms with van der Waals surface area (Å²) in [7, 11) is -0.328. The van der Waals surface area contributed by atoms with Gasteiger partial charge in [-0.25, -0.2) is 12.7 Å². The molecule has 5 heteroatoms. The Morgan fingerprint density at radius 1 is 1.09 bits per heavy atom. The lowest BCUT2D eigenvalue weighted by atomic mass is 9.98. The van der Waals surface area contributed by atoms with Crippen LogP contribution in [0, 0.1) is 6.92 Å². The molecule has 0 unspecified atom stereocenters. The second-order valence-electron chi connectivity index (χ2n) is 5.87. The molecule has 0 saturated carbocycles. The second-order valence-corrected chi connectivity index (χ2v) is 8.02. The average Bonchev–Trinajstić information content (AvgIpc) is 2.47. The Bertz CT molecular complexity index is 764. The maximum absolute atomic E-state index is 12.1. The van der Waals surface area contributed by atoms with Crippen molar-refractivity contribution in [3.63, 3.8) is 0 Å². The van der Waals surface area contributed by atoms with Gasteiger partial charge in [0.15, 0.2) is 0 Å². The van der Waals surface area contributed by atoms with E-state index in [-0.39, 0.29) is 0 Å². The van der Waals surface area contributed by atoms with E-state index in [0.717, 1.165) is 16.8 Å². The predicted octanol–water partition coefficient (Wildman–Crippen LogP) is 3.43. The molecule has 22 heavy (non-hydrogen) atoms. The van der Waals surface area contributed by atoms with E-state index in [9.17, 15) is 8.42 Å². The van der Waals surface area contributed by atoms with E-state index >= 15 is 0 Å². The molecular weight excluding hydrogens is 296 g/mol. The topological polar surface area (TPSA) is 50.3 Å². The quantitative estimate of drug-likeness (QED) is 0.868. The highest BCUT2D eigenvalue weighted by molar-refractivity contribution is 7.89. The van der Waals surface area contributed by atoms with Gasteiger partial charge in [0, 0.05) is 31.5 Å². The van der Waals surface area contributed by atoms with Crippen LogP contribution in [0.25, 0.3) is 11.1 Å². The van der Waals surface area contributed by atoms with Crippen molar-refractivity contribution in [1.82, 2.24) is 9.29 Å². The van der Waals surface area contributed by atoms with Gasteiger partial charge in [-0.15, -0.1) is 0 Å². The molecule has 2 aromatic rings. The maximum Gasteiger partial charge on any atom is 0.242 e. The number of nitrogens with zero attached hydrogens (tertiary/aromatic N) is 2. The van der Waals surface area contributed by atoms with E-state index in [4.69, 9.17) is 0 Å². The van der Waals surface area contributed by atoms with Gasteiger partial charge in [-0.1, -0.05) is 26.0 Å². The van der Waals surface area contributed by atoms with Crippen molar-refractivity contribution >= 4 is 10.0 Å². The smallest absolute Gasteiger partial charge is 0.242 e. The van der Waals surface area contributed by atoms with Crippen LogP contribution in [-0.4, -0.2) is 31.8 Å². The highest BCUT2D eigenvalue weighted by Crippen LogP contribution is 2.27. The molecule has 0 bridgehead atoms. The van der Waals surface area contributed by atoms with E-state index in [1.807, 2.05) is 25.3 Å². The number of rotatable bonds is 4. The summed E-state index contributed by atoms with van der Waals surface area (Å²) in [4.78, 5) is 4.75. The van der Waals surface area contributed by atoms with E-state index in [1.165, 1.54) is 24.0 Å². The Kier molecular flexibility index (Phi) is 4.68. The van der Waals surface area contributed by atoms with Gasteiger partial charge in [0.25, 0.3) is 0 Å². The Morgan fingerprint density at radius 2 is 1.68 bits per heavy atom. The summed E-state index contributed by atoms with van der Waals surface area (Å²) in [5.74, 6) is 0.403. The molecule has 0 aliphatic rings. The highest BCUT2D eigenvalue weighted by Gasteiger charge is 2.17. The number of sulfonamides is 1. The van der Waals surface area contributed by atoms with Gasteiger partial charge < -0.3 is 0 Å². The zero-order valence-corrected chi connectivity index (χ0v) is 14.5. The number of hydrogen-bond acceptors (Lipinski definition) is 3. The summed E-state index contributed by atoms with van der Waals surface area (Å²) in [6.45, 7) is 6.22. The van der Waals surface area contributed by atoms with Crippen LogP contribution >= 0.6 is 0 Å². The zero-order valence-electron chi connectivity index (χ0n) is 13.7. The summed E-state index contributed by atoms with van der Waals surface area (Å²) in [6.07, 6.45) is 1.90. The van der Waals surface area contributed by atoms with Gasteiger partial charge in [0.1, 0.15) is 0 Å². The van der Waals surface area contributed by atoms with Gasteiger partial charge in [-0.05, 0) is 42.2 Å². The summed E-state index contributed by atoms with van der Waals surface area (Å²) in [5.41, 5.74) is 4.13. The van der Waals surface area contributed by atoms with Gasteiger partial charge in [0.05, 0.1) is 4.90 Å². The van der Waals surface area contributed by atoms with E-state index in [2.05, 4.69) is 24.9 Å². The van der Waals surface area contributed by atoms with Crippen molar-refractivity contribution in [3.05, 3.63) is 47.8 Å². The molecule has 0 radical (unpaired) electrons. The van der Waals surface area contributed by atoms with Crippen LogP contribution in [0.3, 0.4) is 0 Å². The third kappa shape index (κ3) is 3.20. The standard InChI is InChI=1S/C17H22N2O2S/c1-12(2)15-10-17(13(3)18-11-15)14-6-8-16(9-7-14)22(20,21)19(4)5/h6-12H,1-5H3. The number of benzene rings is 1. The SMILES string of the molecule is Cc1ncc(C(C)C)cc1-c1ccc(S(=O)(=O)N(C)C)cc1. The number of pyridine rings is 1. The van der Waals surface area contributed by atoms with Crippen LogP contribution in [0.4, 0.5) is 0 Å². The van der Waals surface area contributed by atoms with Crippen LogP contribution in [0.15, 0.2) is 41.4 Å². The Labute approximate surface area is 132 Å². The number of aromatic nitrogens is 1. The van der Waals surface area contributed by atoms with Crippen molar-refractivity contribution in [1.29, 1.82) is 0 Å². The van der Waals surface area contributed by atoms with Crippen molar-refractivity contribution in [2.45, 2.75) is 31.6 Å². The molecule has 118 valence electrons. The lowest BCUT2D eigenvalue weighted by Gasteiger charge is -2.13. The molecule has 4 nitrogen and oxygen atoms in total. The first-order valence-electron chi connectivity index (χ1n) is 7.23. The fourth-order valence-corrected chi connectivity index (χ4v) is 3.08. The first-order valence-corrected chi connectivity index (χ1v) is 8.67. The normalized spacial score (nSPS) is 12.1. The molecule has 0 amide bonds.